The molecule has 0 unspecified atom stereocenters. The van der Waals surface area contributed by atoms with E-state index in [2.05, 4.69) is 5.32 Å². The lowest BCUT2D eigenvalue weighted by Crippen LogP contribution is -2.45. The van der Waals surface area contributed by atoms with Crippen molar-refractivity contribution in [2.24, 2.45) is 0 Å². The van der Waals surface area contributed by atoms with E-state index in [9.17, 15) is 18.0 Å². The molecular formula is C21H29N3O4S2. The number of amides is 2. The number of sulfonamides is 1. The van der Waals surface area contributed by atoms with Crippen LogP contribution in [0.15, 0.2) is 28.0 Å². The van der Waals surface area contributed by atoms with Gasteiger partial charge in [-0.15, -0.1) is 11.8 Å². The maximum atomic E-state index is 13.2. The van der Waals surface area contributed by atoms with Gasteiger partial charge in [-0.05, 0) is 43.9 Å². The molecule has 2 fully saturated rings. The molecule has 4 rings (SSSR count). The number of rotatable bonds is 5. The highest BCUT2D eigenvalue weighted by molar-refractivity contribution is 8.00. The highest BCUT2D eigenvalue weighted by atomic mass is 32.2. The minimum absolute atomic E-state index is 0.0733. The van der Waals surface area contributed by atoms with E-state index in [1.807, 2.05) is 0 Å². The summed E-state index contributed by atoms with van der Waals surface area (Å²) in [4.78, 5) is 27.6. The average Bonchev–Trinajstić information content (AvgIpc) is 3.07. The van der Waals surface area contributed by atoms with Crippen molar-refractivity contribution in [2.75, 3.05) is 30.3 Å². The van der Waals surface area contributed by atoms with Crippen LogP contribution in [-0.4, -0.2) is 56.0 Å². The number of nitrogens with one attached hydrogen (secondary N) is 1. The molecule has 0 atom stereocenters. The Bertz CT molecular complexity index is 905. The molecule has 0 bridgehead atoms. The molecule has 9 heteroatoms. The van der Waals surface area contributed by atoms with Crippen LogP contribution < -0.4 is 10.2 Å². The van der Waals surface area contributed by atoms with Crippen LogP contribution in [0, 0.1) is 0 Å². The number of hydrogen-bond acceptors (Lipinski definition) is 5. The summed E-state index contributed by atoms with van der Waals surface area (Å²) in [5, 5.41) is 3.01. The van der Waals surface area contributed by atoms with Crippen molar-refractivity contribution in [1.82, 2.24) is 9.62 Å². The van der Waals surface area contributed by atoms with Gasteiger partial charge in [-0.1, -0.05) is 25.7 Å². The van der Waals surface area contributed by atoms with E-state index in [1.54, 1.807) is 22.5 Å². The average molecular weight is 452 g/mol. The molecule has 1 saturated heterocycles. The van der Waals surface area contributed by atoms with Crippen LogP contribution in [0.3, 0.4) is 0 Å². The van der Waals surface area contributed by atoms with Gasteiger partial charge in [0.25, 0.3) is 0 Å². The first-order valence-corrected chi connectivity index (χ1v) is 13.2. The molecule has 30 heavy (non-hydrogen) atoms. The lowest BCUT2D eigenvalue weighted by molar-refractivity contribution is -0.123. The predicted octanol–water partition coefficient (Wildman–Crippen LogP) is 2.75. The third-order valence-electron chi connectivity index (χ3n) is 6.10. The van der Waals surface area contributed by atoms with Gasteiger partial charge in [0.1, 0.15) is 6.54 Å². The van der Waals surface area contributed by atoms with E-state index < -0.39 is 10.0 Å². The maximum Gasteiger partial charge on any atom is 0.243 e. The molecule has 0 aromatic heterocycles. The minimum atomic E-state index is -3.62. The normalized spacial score (nSPS) is 21.3. The zero-order valence-corrected chi connectivity index (χ0v) is 18.8. The Balaban J connectivity index is 1.57. The molecule has 1 aliphatic carbocycles. The van der Waals surface area contributed by atoms with E-state index >= 15 is 0 Å². The Morgan fingerprint density at radius 3 is 2.47 bits per heavy atom. The SMILES string of the molecule is O=C(CN1C(=O)CSc2ccc(S(=O)(=O)N3CCCCCC3)cc21)NC1CCCC1. The number of thioether (sulfide) groups is 1. The Morgan fingerprint density at radius 1 is 1.07 bits per heavy atom. The van der Waals surface area contributed by atoms with Crippen molar-refractivity contribution in [2.45, 2.75) is 67.2 Å². The first kappa shape index (κ1) is 21.6. The van der Waals surface area contributed by atoms with Crippen molar-refractivity contribution >= 4 is 39.3 Å². The molecule has 2 aliphatic heterocycles. The van der Waals surface area contributed by atoms with E-state index in [1.165, 1.54) is 16.7 Å². The number of hydrogen-bond donors (Lipinski definition) is 1. The number of fused-ring (bicyclic) bond motifs is 1. The zero-order valence-electron chi connectivity index (χ0n) is 17.1. The molecule has 0 spiro atoms. The Labute approximate surface area is 182 Å². The van der Waals surface area contributed by atoms with E-state index in [-0.39, 0.29) is 35.0 Å². The van der Waals surface area contributed by atoms with Crippen molar-refractivity contribution in [3.63, 3.8) is 0 Å². The quantitative estimate of drug-likeness (QED) is 0.744. The molecule has 2 amide bonds. The van der Waals surface area contributed by atoms with Crippen molar-refractivity contribution in [1.29, 1.82) is 0 Å². The molecule has 0 radical (unpaired) electrons. The number of nitrogens with zero attached hydrogens (tertiary/aromatic N) is 2. The Hall–Kier alpha value is -1.58. The summed E-state index contributed by atoms with van der Waals surface area (Å²) in [6, 6.07) is 5.14. The summed E-state index contributed by atoms with van der Waals surface area (Å²) in [6.45, 7) is 0.983. The van der Waals surface area contributed by atoms with E-state index in [0.717, 1.165) is 56.3 Å². The van der Waals surface area contributed by atoms with Crippen molar-refractivity contribution in [3.05, 3.63) is 18.2 Å². The molecule has 1 N–H and O–H groups in total. The lowest BCUT2D eigenvalue weighted by atomic mass is 10.2. The molecule has 1 saturated carbocycles. The lowest BCUT2D eigenvalue weighted by Gasteiger charge is -2.30. The minimum Gasteiger partial charge on any atom is -0.352 e. The summed E-state index contributed by atoms with van der Waals surface area (Å²) >= 11 is 1.39. The van der Waals surface area contributed by atoms with E-state index in [4.69, 9.17) is 0 Å². The summed E-state index contributed by atoms with van der Waals surface area (Å²) < 4.78 is 28.0. The van der Waals surface area contributed by atoms with Crippen molar-refractivity contribution < 1.29 is 18.0 Å². The van der Waals surface area contributed by atoms with Crippen LogP contribution >= 0.6 is 11.8 Å². The van der Waals surface area contributed by atoms with Gasteiger partial charge in [0.15, 0.2) is 0 Å². The third-order valence-corrected chi connectivity index (χ3v) is 9.04. The van der Waals surface area contributed by atoms with E-state index in [0.29, 0.717) is 18.8 Å². The number of anilines is 1. The third kappa shape index (κ3) is 4.68. The van der Waals surface area contributed by atoms with Gasteiger partial charge in [0, 0.05) is 24.0 Å². The molecule has 2 heterocycles. The second kappa shape index (κ2) is 9.28. The van der Waals surface area contributed by atoms with Crippen LogP contribution in [0.4, 0.5) is 5.69 Å². The van der Waals surface area contributed by atoms with Gasteiger partial charge in [0.05, 0.1) is 16.3 Å². The summed E-state index contributed by atoms with van der Waals surface area (Å²) in [6.07, 6.45) is 8.01. The second-order valence-electron chi connectivity index (χ2n) is 8.27. The number of benzene rings is 1. The topological polar surface area (TPSA) is 86.8 Å². The van der Waals surface area contributed by atoms with Gasteiger partial charge >= 0.3 is 0 Å². The monoisotopic (exact) mass is 451 g/mol. The fraction of sp³-hybridized carbons (Fsp3) is 0.619. The van der Waals surface area contributed by atoms with Gasteiger partial charge < -0.3 is 10.2 Å². The summed E-state index contributed by atoms with van der Waals surface area (Å²) in [5.41, 5.74) is 0.522. The Morgan fingerprint density at radius 2 is 1.77 bits per heavy atom. The first-order valence-electron chi connectivity index (χ1n) is 10.8. The fourth-order valence-electron chi connectivity index (χ4n) is 4.43. The molecule has 164 valence electrons. The van der Waals surface area contributed by atoms with Crippen LogP contribution in [-0.2, 0) is 19.6 Å². The molecular weight excluding hydrogens is 422 g/mol. The number of carbonyl (C=O) groups is 2. The highest BCUT2D eigenvalue weighted by Crippen LogP contribution is 2.37. The van der Waals surface area contributed by atoms with Crippen LogP contribution in [0.2, 0.25) is 0 Å². The standard InChI is InChI=1S/C21H29N3O4S2/c25-20(22-16-7-3-4-8-16)14-24-18-13-17(9-10-19(18)29-15-21(24)26)30(27,28)23-11-5-1-2-6-12-23/h9-10,13,16H,1-8,11-12,14-15H2,(H,22,25). The van der Waals surface area contributed by atoms with Gasteiger partial charge in [-0.3, -0.25) is 9.59 Å². The fourth-order valence-corrected chi connectivity index (χ4v) is 6.89. The first-order chi connectivity index (χ1) is 14.4. The van der Waals surface area contributed by atoms with Crippen LogP contribution in [0.5, 0.6) is 0 Å². The summed E-state index contributed by atoms with van der Waals surface area (Å²) in [7, 11) is -3.62. The molecule has 7 nitrogen and oxygen atoms in total. The van der Waals surface area contributed by atoms with Gasteiger partial charge in [-0.2, -0.15) is 4.31 Å². The smallest absolute Gasteiger partial charge is 0.243 e. The predicted molar refractivity (Wildman–Crippen MR) is 117 cm³/mol. The van der Waals surface area contributed by atoms with Crippen LogP contribution in [0.1, 0.15) is 51.4 Å². The van der Waals surface area contributed by atoms with Gasteiger partial charge in [-0.25, -0.2) is 8.42 Å². The second-order valence-corrected chi connectivity index (χ2v) is 11.2. The maximum absolute atomic E-state index is 13.2. The number of carbonyl (C=O) groups excluding carboxylic acids is 2. The van der Waals surface area contributed by atoms with Crippen LogP contribution in [0.25, 0.3) is 0 Å². The molecule has 1 aromatic rings. The highest BCUT2D eigenvalue weighted by Gasteiger charge is 2.31. The molecule has 1 aromatic carbocycles. The Kier molecular flexibility index (Phi) is 6.69. The zero-order chi connectivity index (χ0) is 21.1. The van der Waals surface area contributed by atoms with Crippen molar-refractivity contribution in [3.8, 4) is 0 Å². The largest absolute Gasteiger partial charge is 0.352 e. The molecule has 3 aliphatic rings. The van der Waals surface area contributed by atoms with Gasteiger partial charge in [0.2, 0.25) is 21.8 Å². The summed E-state index contributed by atoms with van der Waals surface area (Å²) in [5.74, 6) is -0.102.